The summed E-state index contributed by atoms with van der Waals surface area (Å²) in [6, 6.07) is 6.33. The summed E-state index contributed by atoms with van der Waals surface area (Å²) in [5.41, 5.74) is 3.50. The normalized spacial score (nSPS) is 30.4. The summed E-state index contributed by atoms with van der Waals surface area (Å²) in [5.74, 6) is 4.54. The molecule has 1 aromatic rings. The number of carbonyl (C=O) groups excluding carboxylic acids is 1. The van der Waals surface area contributed by atoms with Crippen molar-refractivity contribution in [2.75, 3.05) is 16.8 Å². The van der Waals surface area contributed by atoms with Crippen LogP contribution < -0.4 is 5.32 Å². The number of carbonyl (C=O) groups is 1. The van der Waals surface area contributed by atoms with Crippen molar-refractivity contribution in [1.82, 2.24) is 0 Å². The monoisotopic (exact) mass is 375 g/mol. The van der Waals surface area contributed by atoms with Crippen molar-refractivity contribution in [2.45, 2.75) is 56.5 Å². The van der Waals surface area contributed by atoms with Crippen molar-refractivity contribution >= 4 is 35.1 Å². The quantitative estimate of drug-likeness (QED) is 0.756. The minimum Gasteiger partial charge on any atom is -0.325 e. The van der Waals surface area contributed by atoms with Gasteiger partial charge in [-0.2, -0.15) is 0 Å². The molecule has 1 saturated heterocycles. The van der Waals surface area contributed by atoms with E-state index in [1.807, 2.05) is 0 Å². The van der Waals surface area contributed by atoms with Crippen molar-refractivity contribution in [1.29, 1.82) is 0 Å². The van der Waals surface area contributed by atoms with Crippen molar-refractivity contribution in [3.8, 4) is 0 Å². The van der Waals surface area contributed by atoms with E-state index in [1.165, 1.54) is 41.9 Å². The highest BCUT2D eigenvalue weighted by Crippen LogP contribution is 2.64. The molecule has 3 fully saturated rings. The molecule has 2 atom stereocenters. The number of amides is 1. The molecular formula is C21H29NOS2. The van der Waals surface area contributed by atoms with Gasteiger partial charge in [-0.25, -0.2) is 0 Å². The van der Waals surface area contributed by atoms with E-state index in [-0.39, 0.29) is 11.8 Å². The smallest absolute Gasteiger partial charge is 0.227 e. The number of thioether (sulfide) groups is 2. The summed E-state index contributed by atoms with van der Waals surface area (Å²) in [4.78, 5) is 13.1. The molecule has 2 aliphatic carbocycles. The first-order chi connectivity index (χ1) is 12.1. The maximum absolute atomic E-state index is 13.1. The summed E-state index contributed by atoms with van der Waals surface area (Å²) in [7, 11) is 0. The van der Waals surface area contributed by atoms with Gasteiger partial charge in [-0.3, -0.25) is 4.79 Å². The summed E-state index contributed by atoms with van der Waals surface area (Å²) in [6.07, 6.45) is 7.16. The first-order valence-electron chi connectivity index (χ1n) is 9.81. The van der Waals surface area contributed by atoms with Crippen molar-refractivity contribution in [2.24, 2.45) is 17.8 Å². The van der Waals surface area contributed by atoms with E-state index in [9.17, 15) is 4.79 Å². The zero-order valence-electron chi connectivity index (χ0n) is 15.3. The van der Waals surface area contributed by atoms with Gasteiger partial charge in [0, 0.05) is 23.1 Å². The van der Waals surface area contributed by atoms with Crippen LogP contribution in [0.1, 0.15) is 50.2 Å². The highest BCUT2D eigenvalue weighted by molar-refractivity contribution is 8.21. The van der Waals surface area contributed by atoms with Crippen LogP contribution in [0, 0.1) is 24.7 Å². The van der Waals surface area contributed by atoms with Crippen molar-refractivity contribution in [3.05, 3.63) is 29.3 Å². The summed E-state index contributed by atoms with van der Waals surface area (Å²) in [5, 5.41) is 3.32. The standard InChI is InChI=1S/C21H29NOS2/c1-3-15-7-4-6-14(2)19(15)22-20(23)16-12-17-8-5-9-18(13-16)21(17)24-10-11-25-21/h4,6-7,16-18H,3,5,8-13H2,1-2H3,(H,22,23)/t17-,18-/m1/s1. The molecule has 1 heterocycles. The zero-order valence-corrected chi connectivity index (χ0v) is 17.0. The van der Waals surface area contributed by atoms with E-state index in [4.69, 9.17) is 0 Å². The second-order valence-corrected chi connectivity index (χ2v) is 10.9. The molecule has 4 rings (SSSR count). The van der Waals surface area contributed by atoms with E-state index in [2.05, 4.69) is 60.9 Å². The van der Waals surface area contributed by atoms with Gasteiger partial charge in [0.25, 0.3) is 0 Å². The predicted octanol–water partition coefficient (Wildman–Crippen LogP) is 5.50. The lowest BCUT2D eigenvalue weighted by molar-refractivity contribution is -0.122. The largest absolute Gasteiger partial charge is 0.325 e. The molecule has 2 bridgehead atoms. The second-order valence-electron chi connectivity index (χ2n) is 7.86. The number of aryl methyl sites for hydroxylation is 2. The number of benzene rings is 1. The van der Waals surface area contributed by atoms with E-state index in [0.717, 1.165) is 36.8 Å². The first kappa shape index (κ1) is 17.8. The molecule has 25 heavy (non-hydrogen) atoms. The van der Waals surface area contributed by atoms with Crippen molar-refractivity contribution < 1.29 is 4.79 Å². The predicted molar refractivity (Wildman–Crippen MR) is 110 cm³/mol. The Morgan fingerprint density at radius 3 is 2.52 bits per heavy atom. The molecule has 1 aliphatic heterocycles. The highest BCUT2D eigenvalue weighted by atomic mass is 32.2. The SMILES string of the molecule is CCc1cccc(C)c1NC(=O)C1C[C@H]2CCC[C@H](C1)C21SCCS1. The average molecular weight is 376 g/mol. The minimum atomic E-state index is 0.201. The van der Waals surface area contributed by atoms with E-state index < -0.39 is 0 Å². The van der Waals surface area contributed by atoms with Crippen LogP contribution >= 0.6 is 23.5 Å². The van der Waals surface area contributed by atoms with Crippen LogP contribution in [0.3, 0.4) is 0 Å². The van der Waals surface area contributed by atoms with Crippen LogP contribution in [-0.2, 0) is 11.2 Å². The minimum absolute atomic E-state index is 0.201. The van der Waals surface area contributed by atoms with E-state index in [1.54, 1.807) is 0 Å². The molecule has 0 radical (unpaired) electrons. The molecular weight excluding hydrogens is 346 g/mol. The van der Waals surface area contributed by atoms with Gasteiger partial charge < -0.3 is 5.32 Å². The topological polar surface area (TPSA) is 29.1 Å². The van der Waals surface area contributed by atoms with Gasteiger partial charge in [-0.1, -0.05) is 31.5 Å². The lowest BCUT2D eigenvalue weighted by Gasteiger charge is -2.52. The summed E-state index contributed by atoms with van der Waals surface area (Å²) in [6.45, 7) is 4.26. The van der Waals surface area contributed by atoms with Gasteiger partial charge in [0.1, 0.15) is 0 Å². The summed E-state index contributed by atoms with van der Waals surface area (Å²) < 4.78 is 0.451. The molecule has 136 valence electrons. The van der Waals surface area contributed by atoms with Crippen molar-refractivity contribution in [3.63, 3.8) is 0 Å². The number of hydrogen-bond acceptors (Lipinski definition) is 3. The number of anilines is 1. The van der Waals surface area contributed by atoms with Gasteiger partial charge in [0.05, 0.1) is 4.08 Å². The number of rotatable bonds is 3. The van der Waals surface area contributed by atoms with Gasteiger partial charge in [-0.05, 0) is 62.0 Å². The van der Waals surface area contributed by atoms with E-state index in [0.29, 0.717) is 4.08 Å². The average Bonchev–Trinajstić information content (AvgIpc) is 3.06. The fourth-order valence-electron chi connectivity index (χ4n) is 5.25. The molecule has 2 saturated carbocycles. The molecule has 0 aromatic heterocycles. The third-order valence-corrected chi connectivity index (χ3v) is 10.5. The summed E-state index contributed by atoms with van der Waals surface area (Å²) >= 11 is 4.43. The Kier molecular flexibility index (Phi) is 5.11. The Balaban J connectivity index is 1.51. The maximum atomic E-state index is 13.1. The van der Waals surface area contributed by atoms with Crippen LogP contribution in [0.5, 0.6) is 0 Å². The van der Waals surface area contributed by atoms with Gasteiger partial charge in [0.2, 0.25) is 5.91 Å². The molecule has 2 nitrogen and oxygen atoms in total. The van der Waals surface area contributed by atoms with E-state index >= 15 is 0 Å². The number of hydrogen-bond donors (Lipinski definition) is 1. The van der Waals surface area contributed by atoms with Crippen LogP contribution in [0.4, 0.5) is 5.69 Å². The second kappa shape index (κ2) is 7.19. The van der Waals surface area contributed by atoms with Gasteiger partial charge in [-0.15, -0.1) is 23.5 Å². The Labute approximate surface area is 160 Å². The third kappa shape index (κ3) is 3.14. The Morgan fingerprint density at radius 2 is 1.88 bits per heavy atom. The Hall–Kier alpha value is -0.610. The van der Waals surface area contributed by atoms with Gasteiger partial charge in [0.15, 0.2) is 0 Å². The molecule has 0 unspecified atom stereocenters. The molecule has 4 heteroatoms. The fourth-order valence-corrected chi connectivity index (χ4v) is 9.19. The Bertz CT molecular complexity index is 637. The van der Waals surface area contributed by atoms with Crippen LogP contribution in [0.25, 0.3) is 0 Å². The van der Waals surface area contributed by atoms with Crippen LogP contribution in [-0.4, -0.2) is 21.5 Å². The molecule has 1 spiro atoms. The van der Waals surface area contributed by atoms with Crippen LogP contribution in [0.2, 0.25) is 0 Å². The molecule has 1 N–H and O–H groups in total. The fraction of sp³-hybridized carbons (Fsp3) is 0.667. The molecule has 3 aliphatic rings. The zero-order chi connectivity index (χ0) is 17.4. The highest BCUT2D eigenvalue weighted by Gasteiger charge is 2.55. The first-order valence-corrected chi connectivity index (χ1v) is 11.8. The molecule has 1 aromatic carbocycles. The lowest BCUT2D eigenvalue weighted by Crippen LogP contribution is -2.48. The Morgan fingerprint density at radius 1 is 1.20 bits per heavy atom. The van der Waals surface area contributed by atoms with Gasteiger partial charge >= 0.3 is 0 Å². The maximum Gasteiger partial charge on any atom is 0.227 e. The van der Waals surface area contributed by atoms with Crippen LogP contribution in [0.15, 0.2) is 18.2 Å². The lowest BCUT2D eigenvalue weighted by atomic mass is 9.67. The number of para-hydroxylation sites is 1. The molecule has 1 amide bonds. The number of nitrogens with one attached hydrogen (secondary N) is 1. The third-order valence-electron chi connectivity index (χ3n) is 6.48.